The van der Waals surface area contributed by atoms with Gasteiger partial charge in [-0.05, 0) is 30.3 Å². The lowest BCUT2D eigenvalue weighted by molar-refractivity contribution is -0.114. The quantitative estimate of drug-likeness (QED) is 0.627. The molecule has 8 heteroatoms. The summed E-state index contributed by atoms with van der Waals surface area (Å²) in [5.41, 5.74) is 1.69. The SMILES string of the molecule is CC(=O)Nc1ccc(O)c(C(=O)OCc2cc(Cl)cc3c2OCOC3)c1. The molecular weight excluding hydrogens is 362 g/mol. The summed E-state index contributed by atoms with van der Waals surface area (Å²) in [6, 6.07) is 7.51. The molecule has 1 aliphatic rings. The van der Waals surface area contributed by atoms with Gasteiger partial charge in [-0.2, -0.15) is 0 Å². The normalized spacial score (nSPS) is 12.7. The molecular formula is C18H16ClNO6. The molecule has 0 unspecified atom stereocenters. The van der Waals surface area contributed by atoms with Crippen LogP contribution in [0.3, 0.4) is 0 Å². The first-order valence-electron chi connectivity index (χ1n) is 7.73. The van der Waals surface area contributed by atoms with Crippen molar-refractivity contribution in [3.8, 4) is 11.5 Å². The highest BCUT2D eigenvalue weighted by atomic mass is 35.5. The van der Waals surface area contributed by atoms with Crippen molar-refractivity contribution < 1.29 is 28.9 Å². The van der Waals surface area contributed by atoms with Gasteiger partial charge in [0.2, 0.25) is 5.91 Å². The van der Waals surface area contributed by atoms with Gasteiger partial charge in [0.05, 0.1) is 6.61 Å². The number of phenols is 1. The molecule has 0 radical (unpaired) electrons. The van der Waals surface area contributed by atoms with Gasteiger partial charge >= 0.3 is 5.97 Å². The van der Waals surface area contributed by atoms with Gasteiger partial charge in [0.15, 0.2) is 6.79 Å². The Hall–Kier alpha value is -2.77. The second-order valence-corrected chi connectivity index (χ2v) is 6.09. The molecule has 0 atom stereocenters. The number of benzene rings is 2. The van der Waals surface area contributed by atoms with Gasteiger partial charge in [-0.15, -0.1) is 0 Å². The van der Waals surface area contributed by atoms with Gasteiger partial charge in [-0.1, -0.05) is 11.6 Å². The summed E-state index contributed by atoms with van der Waals surface area (Å²) >= 11 is 6.08. The van der Waals surface area contributed by atoms with Crippen molar-refractivity contribution in [3.63, 3.8) is 0 Å². The van der Waals surface area contributed by atoms with Crippen LogP contribution < -0.4 is 10.1 Å². The van der Waals surface area contributed by atoms with E-state index in [1.807, 2.05) is 0 Å². The molecule has 1 amide bonds. The molecule has 2 N–H and O–H groups in total. The van der Waals surface area contributed by atoms with Crippen molar-refractivity contribution in [3.05, 3.63) is 52.0 Å². The van der Waals surface area contributed by atoms with Crippen LogP contribution in [0.5, 0.6) is 11.5 Å². The summed E-state index contributed by atoms with van der Waals surface area (Å²) in [5.74, 6) is -0.707. The first-order valence-corrected chi connectivity index (χ1v) is 8.11. The van der Waals surface area contributed by atoms with E-state index in [1.165, 1.54) is 25.1 Å². The van der Waals surface area contributed by atoms with Crippen LogP contribution >= 0.6 is 11.6 Å². The predicted octanol–water partition coefficient (Wildman–Crippen LogP) is 3.23. The van der Waals surface area contributed by atoms with Crippen LogP contribution in [-0.2, 0) is 27.5 Å². The fraction of sp³-hybridized carbons (Fsp3) is 0.222. The molecule has 3 rings (SSSR count). The summed E-state index contributed by atoms with van der Waals surface area (Å²) in [6.45, 7) is 1.72. The largest absolute Gasteiger partial charge is 0.507 e. The Bertz CT molecular complexity index is 867. The number of carbonyl (C=O) groups is 2. The molecule has 7 nitrogen and oxygen atoms in total. The first kappa shape index (κ1) is 18.0. The predicted molar refractivity (Wildman–Crippen MR) is 93.3 cm³/mol. The fourth-order valence-electron chi connectivity index (χ4n) is 2.57. The Morgan fingerprint density at radius 2 is 2.12 bits per heavy atom. The van der Waals surface area contributed by atoms with E-state index in [9.17, 15) is 14.7 Å². The van der Waals surface area contributed by atoms with Crippen LogP contribution in [0.25, 0.3) is 0 Å². The minimum Gasteiger partial charge on any atom is -0.507 e. The van der Waals surface area contributed by atoms with E-state index in [4.69, 9.17) is 25.8 Å². The Kier molecular flexibility index (Phi) is 5.29. The monoisotopic (exact) mass is 377 g/mol. The smallest absolute Gasteiger partial charge is 0.342 e. The molecule has 0 spiro atoms. The van der Waals surface area contributed by atoms with E-state index in [1.54, 1.807) is 12.1 Å². The van der Waals surface area contributed by atoms with Gasteiger partial charge in [-0.3, -0.25) is 4.79 Å². The zero-order valence-corrected chi connectivity index (χ0v) is 14.6. The van der Waals surface area contributed by atoms with Crippen LogP contribution in [-0.4, -0.2) is 23.8 Å². The topological polar surface area (TPSA) is 94.1 Å². The molecule has 0 saturated carbocycles. The summed E-state index contributed by atoms with van der Waals surface area (Å²) in [6.07, 6.45) is 0. The average Bonchev–Trinajstić information content (AvgIpc) is 2.60. The van der Waals surface area contributed by atoms with Crippen LogP contribution in [0, 0.1) is 0 Å². The van der Waals surface area contributed by atoms with Crippen LogP contribution in [0.1, 0.15) is 28.4 Å². The van der Waals surface area contributed by atoms with Gasteiger partial charge in [0.1, 0.15) is 23.7 Å². The molecule has 1 aliphatic heterocycles. The second-order valence-electron chi connectivity index (χ2n) is 5.65. The van der Waals surface area contributed by atoms with E-state index in [-0.39, 0.29) is 30.6 Å². The number of halogens is 1. The minimum absolute atomic E-state index is 0.0589. The van der Waals surface area contributed by atoms with Gasteiger partial charge in [-0.25, -0.2) is 4.79 Å². The summed E-state index contributed by atoms with van der Waals surface area (Å²) in [7, 11) is 0. The summed E-state index contributed by atoms with van der Waals surface area (Å²) in [5, 5.41) is 12.9. The van der Waals surface area contributed by atoms with Crippen molar-refractivity contribution in [2.45, 2.75) is 20.1 Å². The first-order chi connectivity index (χ1) is 12.4. The molecule has 1 heterocycles. The lowest BCUT2D eigenvalue weighted by Crippen LogP contribution is -2.14. The number of phenolic OH excluding ortho intramolecular Hbond substituents is 1. The number of nitrogens with one attached hydrogen (secondary N) is 1. The Morgan fingerprint density at radius 3 is 2.88 bits per heavy atom. The van der Waals surface area contributed by atoms with Crippen molar-refractivity contribution >= 4 is 29.2 Å². The maximum absolute atomic E-state index is 12.3. The van der Waals surface area contributed by atoms with Crippen molar-refractivity contribution in [1.29, 1.82) is 0 Å². The molecule has 0 aliphatic carbocycles. The number of hydrogen-bond acceptors (Lipinski definition) is 6. The lowest BCUT2D eigenvalue weighted by atomic mass is 10.1. The average molecular weight is 378 g/mol. The molecule has 136 valence electrons. The van der Waals surface area contributed by atoms with E-state index in [2.05, 4.69) is 5.32 Å². The summed E-state index contributed by atoms with van der Waals surface area (Å²) in [4.78, 5) is 23.5. The lowest BCUT2D eigenvalue weighted by Gasteiger charge is -2.21. The van der Waals surface area contributed by atoms with E-state index in [0.717, 1.165) is 5.56 Å². The van der Waals surface area contributed by atoms with E-state index >= 15 is 0 Å². The number of anilines is 1. The van der Waals surface area contributed by atoms with E-state index < -0.39 is 5.97 Å². The third kappa shape index (κ3) is 4.07. The number of aromatic hydroxyl groups is 1. The fourth-order valence-corrected chi connectivity index (χ4v) is 2.83. The maximum atomic E-state index is 12.3. The van der Waals surface area contributed by atoms with Crippen molar-refractivity contribution in [1.82, 2.24) is 0 Å². The molecule has 0 bridgehead atoms. The number of fused-ring (bicyclic) bond motifs is 1. The highest BCUT2D eigenvalue weighted by molar-refractivity contribution is 6.30. The van der Waals surface area contributed by atoms with Gasteiger partial charge in [0, 0.05) is 28.8 Å². The van der Waals surface area contributed by atoms with Crippen molar-refractivity contribution in [2.24, 2.45) is 0 Å². The maximum Gasteiger partial charge on any atom is 0.342 e. The number of rotatable bonds is 4. The van der Waals surface area contributed by atoms with E-state index in [0.29, 0.717) is 28.6 Å². The number of amides is 1. The Balaban J connectivity index is 1.77. The zero-order chi connectivity index (χ0) is 18.7. The number of carbonyl (C=O) groups excluding carboxylic acids is 2. The van der Waals surface area contributed by atoms with Crippen LogP contribution in [0.2, 0.25) is 5.02 Å². The molecule has 0 aromatic heterocycles. The molecule has 0 saturated heterocycles. The highest BCUT2D eigenvalue weighted by Crippen LogP contribution is 2.32. The Morgan fingerprint density at radius 1 is 1.31 bits per heavy atom. The van der Waals surface area contributed by atoms with Crippen molar-refractivity contribution in [2.75, 3.05) is 12.1 Å². The number of hydrogen-bond donors (Lipinski definition) is 2. The molecule has 0 fully saturated rings. The Labute approximate surface area is 154 Å². The van der Waals surface area contributed by atoms with Crippen LogP contribution in [0.15, 0.2) is 30.3 Å². The zero-order valence-electron chi connectivity index (χ0n) is 13.9. The number of esters is 1. The van der Waals surface area contributed by atoms with Gasteiger partial charge in [0.25, 0.3) is 0 Å². The second kappa shape index (κ2) is 7.63. The third-order valence-corrected chi connectivity index (χ3v) is 3.87. The third-order valence-electron chi connectivity index (χ3n) is 3.65. The number of ether oxygens (including phenoxy) is 3. The highest BCUT2D eigenvalue weighted by Gasteiger charge is 2.19. The van der Waals surface area contributed by atoms with Crippen LogP contribution in [0.4, 0.5) is 5.69 Å². The molecule has 26 heavy (non-hydrogen) atoms. The van der Waals surface area contributed by atoms with Gasteiger partial charge < -0.3 is 24.6 Å². The standard InChI is InChI=1S/C18H16ClNO6/c1-10(21)20-14-2-3-16(22)15(6-14)18(23)25-8-12-5-13(19)4-11-7-24-9-26-17(11)12/h2-6,22H,7-9H2,1H3,(H,20,21). The minimum atomic E-state index is -0.740. The summed E-state index contributed by atoms with van der Waals surface area (Å²) < 4.78 is 16.0. The molecule has 2 aromatic carbocycles. The molecule has 2 aromatic rings.